The molecule has 23 heavy (non-hydrogen) atoms. The second-order valence-electron chi connectivity index (χ2n) is 5.28. The number of amides is 1. The van der Waals surface area contributed by atoms with Crippen molar-refractivity contribution in [2.75, 3.05) is 21.3 Å². The van der Waals surface area contributed by atoms with Crippen LogP contribution in [0, 0.1) is 0 Å². The van der Waals surface area contributed by atoms with Crippen molar-refractivity contribution in [1.82, 2.24) is 5.01 Å². The number of benzene rings is 2. The Labute approximate surface area is 135 Å². The molecule has 1 aliphatic rings. The molecule has 1 heterocycles. The number of rotatable bonds is 3. The van der Waals surface area contributed by atoms with Crippen molar-refractivity contribution in [3.8, 4) is 11.5 Å². The maximum atomic E-state index is 12.4. The topological polar surface area (TPSA) is 51.1 Å². The molecule has 3 rings (SSSR count). The molecule has 0 bridgehead atoms. The zero-order valence-corrected chi connectivity index (χ0v) is 13.4. The Kier molecular flexibility index (Phi) is 4.02. The minimum atomic E-state index is -0.101. The zero-order chi connectivity index (χ0) is 16.4. The maximum absolute atomic E-state index is 12.4. The molecule has 0 radical (unpaired) electrons. The van der Waals surface area contributed by atoms with Crippen molar-refractivity contribution < 1.29 is 14.3 Å². The van der Waals surface area contributed by atoms with Crippen LogP contribution in [0.4, 0.5) is 0 Å². The van der Waals surface area contributed by atoms with E-state index in [-0.39, 0.29) is 5.91 Å². The molecule has 5 nitrogen and oxygen atoms in total. The predicted octanol–water partition coefficient (Wildman–Crippen LogP) is 2.74. The van der Waals surface area contributed by atoms with Gasteiger partial charge in [-0.2, -0.15) is 5.10 Å². The Morgan fingerprint density at radius 1 is 1.04 bits per heavy atom. The average Bonchev–Trinajstić information content (AvgIpc) is 2.72. The van der Waals surface area contributed by atoms with Gasteiger partial charge >= 0.3 is 0 Å². The fourth-order valence-electron chi connectivity index (χ4n) is 2.68. The fraction of sp³-hybridized carbons (Fsp3) is 0.222. The van der Waals surface area contributed by atoms with Crippen molar-refractivity contribution in [1.29, 1.82) is 0 Å². The van der Waals surface area contributed by atoms with Gasteiger partial charge in [0.05, 0.1) is 19.9 Å². The van der Waals surface area contributed by atoms with Crippen molar-refractivity contribution in [2.24, 2.45) is 5.10 Å². The molecule has 0 fully saturated rings. The summed E-state index contributed by atoms with van der Waals surface area (Å²) in [7, 11) is 4.87. The monoisotopic (exact) mass is 310 g/mol. The third kappa shape index (κ3) is 2.77. The zero-order valence-electron chi connectivity index (χ0n) is 13.4. The van der Waals surface area contributed by atoms with Gasteiger partial charge < -0.3 is 9.47 Å². The van der Waals surface area contributed by atoms with E-state index >= 15 is 0 Å². The number of carbonyl (C=O) groups is 1. The Balaban J connectivity index is 2.06. The van der Waals surface area contributed by atoms with Gasteiger partial charge in [-0.3, -0.25) is 4.79 Å². The van der Waals surface area contributed by atoms with Gasteiger partial charge in [0.25, 0.3) is 5.91 Å². The van der Waals surface area contributed by atoms with Gasteiger partial charge in [0.2, 0.25) is 0 Å². The van der Waals surface area contributed by atoms with Crippen LogP contribution in [0.3, 0.4) is 0 Å². The van der Waals surface area contributed by atoms with Gasteiger partial charge in [-0.1, -0.05) is 18.2 Å². The number of nitrogens with zero attached hydrogens (tertiary/aromatic N) is 2. The van der Waals surface area contributed by atoms with Crippen molar-refractivity contribution in [2.45, 2.75) is 6.42 Å². The second kappa shape index (κ2) is 6.12. The van der Waals surface area contributed by atoms with E-state index in [0.29, 0.717) is 23.5 Å². The first-order chi connectivity index (χ1) is 11.1. The third-order valence-electron chi connectivity index (χ3n) is 3.89. The van der Waals surface area contributed by atoms with Crippen LogP contribution >= 0.6 is 0 Å². The lowest BCUT2D eigenvalue weighted by atomic mass is 9.98. The van der Waals surface area contributed by atoms with E-state index in [1.165, 1.54) is 5.01 Å². The minimum absolute atomic E-state index is 0.101. The van der Waals surface area contributed by atoms with E-state index in [1.807, 2.05) is 42.5 Å². The summed E-state index contributed by atoms with van der Waals surface area (Å²) in [4.78, 5) is 12.4. The van der Waals surface area contributed by atoms with Crippen molar-refractivity contribution in [3.63, 3.8) is 0 Å². The first-order valence-electron chi connectivity index (χ1n) is 7.30. The largest absolute Gasteiger partial charge is 0.493 e. The fourth-order valence-corrected chi connectivity index (χ4v) is 2.68. The molecule has 118 valence electrons. The molecule has 0 spiro atoms. The van der Waals surface area contributed by atoms with Crippen LogP contribution in [-0.2, 0) is 6.42 Å². The maximum Gasteiger partial charge on any atom is 0.273 e. The predicted molar refractivity (Wildman–Crippen MR) is 88.3 cm³/mol. The van der Waals surface area contributed by atoms with Gasteiger partial charge in [-0.15, -0.1) is 0 Å². The minimum Gasteiger partial charge on any atom is -0.493 e. The highest BCUT2D eigenvalue weighted by Gasteiger charge is 2.22. The van der Waals surface area contributed by atoms with Gasteiger partial charge in [-0.05, 0) is 29.8 Å². The number of ether oxygens (including phenoxy) is 2. The van der Waals surface area contributed by atoms with Gasteiger partial charge in [0, 0.05) is 24.6 Å². The van der Waals surface area contributed by atoms with E-state index < -0.39 is 0 Å². The summed E-state index contributed by atoms with van der Waals surface area (Å²) in [5, 5.41) is 5.86. The standard InChI is InChI=1S/C18H18N2O3/c1-20-18(21)14-7-5-4-6-12(14)10-15(19-20)13-8-9-16(22-2)17(11-13)23-3/h4-9,11H,10H2,1-3H3. The number of hydrogen-bond acceptors (Lipinski definition) is 4. The molecule has 1 aliphatic heterocycles. The van der Waals surface area contributed by atoms with E-state index in [0.717, 1.165) is 16.8 Å². The lowest BCUT2D eigenvalue weighted by molar-refractivity contribution is 0.0800. The molecule has 1 amide bonds. The molecule has 0 saturated carbocycles. The van der Waals surface area contributed by atoms with Crippen molar-refractivity contribution in [3.05, 3.63) is 59.2 Å². The van der Waals surface area contributed by atoms with Crippen LogP contribution in [0.1, 0.15) is 21.5 Å². The normalized spacial score (nSPS) is 14.0. The summed E-state index contributed by atoms with van der Waals surface area (Å²) in [6.45, 7) is 0. The summed E-state index contributed by atoms with van der Waals surface area (Å²) < 4.78 is 10.6. The summed E-state index contributed by atoms with van der Waals surface area (Å²) in [6, 6.07) is 13.2. The van der Waals surface area contributed by atoms with Crippen molar-refractivity contribution >= 4 is 11.6 Å². The SMILES string of the molecule is COc1ccc(C2=NN(C)C(=O)c3ccccc3C2)cc1OC. The average molecular weight is 310 g/mol. The highest BCUT2D eigenvalue weighted by Crippen LogP contribution is 2.29. The van der Waals surface area contributed by atoms with Gasteiger partial charge in [0.15, 0.2) is 11.5 Å². The Hall–Kier alpha value is -2.82. The Morgan fingerprint density at radius 2 is 1.78 bits per heavy atom. The number of carbonyl (C=O) groups excluding carboxylic acids is 1. The van der Waals surface area contributed by atoms with Crippen LogP contribution in [-0.4, -0.2) is 37.9 Å². The summed E-state index contributed by atoms with van der Waals surface area (Å²) in [5.74, 6) is 1.20. The van der Waals surface area contributed by atoms with E-state index in [9.17, 15) is 4.79 Å². The van der Waals surface area contributed by atoms with E-state index in [2.05, 4.69) is 5.10 Å². The molecule has 2 aromatic carbocycles. The summed E-state index contributed by atoms with van der Waals surface area (Å²) >= 11 is 0. The molecule has 2 aromatic rings. The first-order valence-corrected chi connectivity index (χ1v) is 7.30. The van der Waals surface area contributed by atoms with Crippen LogP contribution < -0.4 is 9.47 Å². The second-order valence-corrected chi connectivity index (χ2v) is 5.28. The summed E-state index contributed by atoms with van der Waals surface area (Å²) in [6.07, 6.45) is 0.585. The lowest BCUT2D eigenvalue weighted by Gasteiger charge is -2.12. The van der Waals surface area contributed by atoms with E-state index in [1.54, 1.807) is 21.3 Å². The number of hydrazone groups is 1. The van der Waals surface area contributed by atoms with E-state index in [4.69, 9.17) is 9.47 Å². The molecule has 0 aromatic heterocycles. The molecule has 5 heteroatoms. The molecule has 0 aliphatic carbocycles. The molecular formula is C18H18N2O3. The molecule has 0 N–H and O–H groups in total. The van der Waals surface area contributed by atoms with Gasteiger partial charge in [-0.25, -0.2) is 5.01 Å². The molecule has 0 saturated heterocycles. The lowest BCUT2D eigenvalue weighted by Crippen LogP contribution is -2.21. The Bertz CT molecular complexity index is 784. The first kappa shape index (κ1) is 15.1. The molecular weight excluding hydrogens is 292 g/mol. The van der Waals surface area contributed by atoms with Crippen LogP contribution in [0.5, 0.6) is 11.5 Å². The van der Waals surface area contributed by atoms with Crippen LogP contribution in [0.25, 0.3) is 0 Å². The highest BCUT2D eigenvalue weighted by molar-refractivity contribution is 6.07. The number of methoxy groups -OCH3 is 2. The number of fused-ring (bicyclic) bond motifs is 1. The smallest absolute Gasteiger partial charge is 0.273 e. The number of hydrogen-bond donors (Lipinski definition) is 0. The van der Waals surface area contributed by atoms with Crippen LogP contribution in [0.2, 0.25) is 0 Å². The highest BCUT2D eigenvalue weighted by atomic mass is 16.5. The quantitative estimate of drug-likeness (QED) is 0.876. The van der Waals surface area contributed by atoms with Crippen LogP contribution in [0.15, 0.2) is 47.6 Å². The Morgan fingerprint density at radius 3 is 2.52 bits per heavy atom. The summed E-state index contributed by atoms with van der Waals surface area (Å²) in [5.41, 5.74) is 3.37. The molecule has 0 atom stereocenters. The third-order valence-corrected chi connectivity index (χ3v) is 3.89. The molecule has 0 unspecified atom stereocenters. The van der Waals surface area contributed by atoms with Gasteiger partial charge in [0.1, 0.15) is 0 Å².